The lowest BCUT2D eigenvalue weighted by molar-refractivity contribution is -0.109. The first-order valence-corrected chi connectivity index (χ1v) is 7.53. The molecule has 0 amide bonds. The monoisotopic (exact) mass is 311 g/mol. The lowest BCUT2D eigenvalue weighted by Crippen LogP contribution is -2.59. The lowest BCUT2D eigenvalue weighted by Gasteiger charge is -2.54. The van der Waals surface area contributed by atoms with Crippen LogP contribution in [0.25, 0.3) is 0 Å². The van der Waals surface area contributed by atoms with E-state index < -0.39 is 0 Å². The molecule has 0 aromatic heterocycles. The Kier molecular flexibility index (Phi) is 4.33. The zero-order chi connectivity index (χ0) is 13.2. The molecular weight excluding hydrogens is 290 g/mol. The fourth-order valence-electron chi connectivity index (χ4n) is 2.74. The molecule has 1 aromatic rings. The fraction of sp³-hybridized carbons (Fsp3) is 0.600. The van der Waals surface area contributed by atoms with Crippen molar-refractivity contribution in [2.24, 2.45) is 5.41 Å². The molecule has 1 aliphatic rings. The van der Waals surface area contributed by atoms with Crippen molar-refractivity contribution < 1.29 is 4.74 Å². The van der Waals surface area contributed by atoms with Gasteiger partial charge in [0.2, 0.25) is 0 Å². The number of benzene rings is 1. The fourth-order valence-corrected chi connectivity index (χ4v) is 3.14. The van der Waals surface area contributed by atoms with Crippen LogP contribution in [0.4, 0.5) is 5.69 Å². The van der Waals surface area contributed by atoms with E-state index in [0.717, 1.165) is 23.9 Å². The average Bonchev–Trinajstić information content (AvgIpc) is 2.38. The highest BCUT2D eigenvalue weighted by molar-refractivity contribution is 9.10. The zero-order valence-electron chi connectivity index (χ0n) is 11.4. The molecule has 0 radical (unpaired) electrons. The Bertz CT molecular complexity index is 409. The first kappa shape index (κ1) is 13.9. The Balaban J connectivity index is 2.06. The van der Waals surface area contributed by atoms with Crippen LogP contribution in [0.3, 0.4) is 0 Å². The number of halogens is 1. The third-order valence-corrected chi connectivity index (χ3v) is 5.01. The summed E-state index contributed by atoms with van der Waals surface area (Å²) in [5.74, 6) is 0. The van der Waals surface area contributed by atoms with E-state index in [9.17, 15) is 0 Å². The topological polar surface area (TPSA) is 21.3 Å². The Hall–Kier alpha value is -0.540. The van der Waals surface area contributed by atoms with Gasteiger partial charge in [0.25, 0.3) is 0 Å². The molecule has 2 nitrogen and oxygen atoms in total. The molecule has 1 aromatic carbocycles. The third kappa shape index (κ3) is 2.43. The second-order valence-electron chi connectivity index (χ2n) is 5.22. The molecule has 0 spiro atoms. The van der Waals surface area contributed by atoms with Gasteiger partial charge in [-0.05, 0) is 47.8 Å². The van der Waals surface area contributed by atoms with E-state index in [1.807, 2.05) is 6.07 Å². The minimum Gasteiger partial charge on any atom is -0.381 e. The van der Waals surface area contributed by atoms with Crippen molar-refractivity contribution in [3.05, 3.63) is 28.7 Å². The van der Waals surface area contributed by atoms with Crippen molar-refractivity contribution >= 4 is 21.6 Å². The van der Waals surface area contributed by atoms with Crippen molar-refractivity contribution in [1.82, 2.24) is 0 Å². The van der Waals surface area contributed by atoms with E-state index in [4.69, 9.17) is 4.74 Å². The number of ether oxygens (including phenoxy) is 1. The molecule has 0 bridgehead atoms. The number of nitrogens with one attached hydrogen (secondary N) is 1. The minimum atomic E-state index is 0.241. The number of anilines is 1. The summed E-state index contributed by atoms with van der Waals surface area (Å²) in [4.78, 5) is 0. The molecule has 3 heteroatoms. The van der Waals surface area contributed by atoms with Crippen LogP contribution in [0.1, 0.15) is 33.6 Å². The molecule has 3 unspecified atom stereocenters. The van der Waals surface area contributed by atoms with Gasteiger partial charge in [-0.15, -0.1) is 0 Å². The van der Waals surface area contributed by atoms with Gasteiger partial charge in [0.05, 0.1) is 6.10 Å². The maximum absolute atomic E-state index is 5.83. The van der Waals surface area contributed by atoms with Crippen LogP contribution in [0.5, 0.6) is 0 Å². The summed E-state index contributed by atoms with van der Waals surface area (Å²) in [7, 11) is 0. The molecule has 0 heterocycles. The van der Waals surface area contributed by atoms with Crippen LogP contribution in [0.2, 0.25) is 0 Å². The molecule has 0 aliphatic heterocycles. The van der Waals surface area contributed by atoms with Crippen LogP contribution >= 0.6 is 15.9 Å². The maximum Gasteiger partial charge on any atom is 0.0667 e. The summed E-state index contributed by atoms with van der Waals surface area (Å²) in [5.41, 5.74) is 1.42. The average molecular weight is 312 g/mol. The van der Waals surface area contributed by atoms with Gasteiger partial charge >= 0.3 is 0 Å². The number of hydrogen-bond acceptors (Lipinski definition) is 2. The van der Waals surface area contributed by atoms with Crippen LogP contribution in [0.15, 0.2) is 28.7 Å². The van der Waals surface area contributed by atoms with Gasteiger partial charge in [-0.25, -0.2) is 0 Å². The summed E-state index contributed by atoms with van der Waals surface area (Å²) in [6.07, 6.45) is 2.63. The Labute approximate surface area is 118 Å². The molecule has 1 fully saturated rings. The maximum atomic E-state index is 5.83. The van der Waals surface area contributed by atoms with Crippen molar-refractivity contribution in [1.29, 1.82) is 0 Å². The van der Waals surface area contributed by atoms with Crippen molar-refractivity contribution in [2.45, 2.75) is 45.8 Å². The van der Waals surface area contributed by atoms with Crippen molar-refractivity contribution in [2.75, 3.05) is 11.9 Å². The molecule has 1 saturated carbocycles. The van der Waals surface area contributed by atoms with E-state index in [2.05, 4.69) is 60.2 Å². The van der Waals surface area contributed by atoms with Crippen LogP contribution in [0, 0.1) is 5.41 Å². The quantitative estimate of drug-likeness (QED) is 0.867. The summed E-state index contributed by atoms with van der Waals surface area (Å²) < 4.78 is 6.96. The van der Waals surface area contributed by atoms with Gasteiger partial charge < -0.3 is 10.1 Å². The SMILES string of the molecule is CCOC1CC(Nc2ccccc2Br)C1(C)CC. The molecule has 1 aliphatic carbocycles. The van der Waals surface area contributed by atoms with E-state index >= 15 is 0 Å². The van der Waals surface area contributed by atoms with Crippen LogP contribution in [-0.2, 0) is 4.74 Å². The van der Waals surface area contributed by atoms with Crippen molar-refractivity contribution in [3.63, 3.8) is 0 Å². The van der Waals surface area contributed by atoms with Gasteiger partial charge in [0.1, 0.15) is 0 Å². The molecule has 1 N–H and O–H groups in total. The van der Waals surface area contributed by atoms with Gasteiger partial charge in [-0.2, -0.15) is 0 Å². The second-order valence-corrected chi connectivity index (χ2v) is 6.07. The number of rotatable bonds is 5. The highest BCUT2D eigenvalue weighted by atomic mass is 79.9. The molecule has 3 atom stereocenters. The number of hydrogen-bond donors (Lipinski definition) is 1. The van der Waals surface area contributed by atoms with E-state index in [0.29, 0.717) is 12.1 Å². The Morgan fingerprint density at radius 1 is 1.39 bits per heavy atom. The van der Waals surface area contributed by atoms with Crippen LogP contribution < -0.4 is 5.32 Å². The molecular formula is C15H22BrNO. The first-order valence-electron chi connectivity index (χ1n) is 6.74. The molecule has 18 heavy (non-hydrogen) atoms. The standard InChI is InChI=1S/C15H22BrNO/c1-4-15(3)13(10-14(15)18-5-2)17-12-9-7-6-8-11(12)16/h6-9,13-14,17H,4-5,10H2,1-3H3. The lowest BCUT2D eigenvalue weighted by atomic mass is 9.61. The Morgan fingerprint density at radius 3 is 2.72 bits per heavy atom. The third-order valence-electron chi connectivity index (χ3n) is 4.31. The van der Waals surface area contributed by atoms with Gasteiger partial charge in [0, 0.05) is 28.2 Å². The van der Waals surface area contributed by atoms with E-state index in [1.165, 1.54) is 5.69 Å². The summed E-state index contributed by atoms with van der Waals surface area (Å²) in [6, 6.07) is 8.80. The van der Waals surface area contributed by atoms with E-state index in [-0.39, 0.29) is 5.41 Å². The summed E-state index contributed by atoms with van der Waals surface area (Å²) in [6.45, 7) is 7.46. The first-order chi connectivity index (χ1) is 8.61. The van der Waals surface area contributed by atoms with Crippen molar-refractivity contribution in [3.8, 4) is 0 Å². The van der Waals surface area contributed by atoms with Gasteiger partial charge in [-0.1, -0.05) is 26.0 Å². The Morgan fingerprint density at radius 2 is 2.11 bits per heavy atom. The van der Waals surface area contributed by atoms with E-state index in [1.54, 1.807) is 0 Å². The smallest absolute Gasteiger partial charge is 0.0667 e. The highest BCUT2D eigenvalue weighted by Crippen LogP contribution is 2.47. The highest BCUT2D eigenvalue weighted by Gasteiger charge is 2.51. The minimum absolute atomic E-state index is 0.241. The predicted molar refractivity (Wildman–Crippen MR) is 80.0 cm³/mol. The largest absolute Gasteiger partial charge is 0.381 e. The second kappa shape index (κ2) is 5.62. The number of para-hydroxylation sites is 1. The summed E-state index contributed by atoms with van der Waals surface area (Å²) in [5, 5.41) is 3.65. The predicted octanol–water partition coefficient (Wildman–Crippen LogP) is 4.45. The zero-order valence-corrected chi connectivity index (χ0v) is 13.0. The normalized spacial score (nSPS) is 30.9. The van der Waals surface area contributed by atoms with Crippen LogP contribution in [-0.4, -0.2) is 18.8 Å². The van der Waals surface area contributed by atoms with Gasteiger partial charge in [0.15, 0.2) is 0 Å². The summed E-state index contributed by atoms with van der Waals surface area (Å²) >= 11 is 3.59. The van der Waals surface area contributed by atoms with Gasteiger partial charge in [-0.3, -0.25) is 0 Å². The molecule has 0 saturated heterocycles. The molecule has 100 valence electrons. The molecule has 2 rings (SSSR count).